The lowest BCUT2D eigenvalue weighted by atomic mass is 10.0. The van der Waals surface area contributed by atoms with Crippen molar-refractivity contribution in [3.05, 3.63) is 34.4 Å². The van der Waals surface area contributed by atoms with Gasteiger partial charge >= 0.3 is 0 Å². The molecule has 1 fully saturated rings. The number of carbonyl (C=O) groups is 2. The number of hydrogen-bond acceptors (Lipinski definition) is 4. The van der Waals surface area contributed by atoms with Crippen LogP contribution in [0.2, 0.25) is 0 Å². The van der Waals surface area contributed by atoms with Crippen LogP contribution in [-0.4, -0.2) is 60.8 Å². The summed E-state index contributed by atoms with van der Waals surface area (Å²) < 4.78 is 3.56. The predicted molar refractivity (Wildman–Crippen MR) is 104 cm³/mol. The summed E-state index contributed by atoms with van der Waals surface area (Å²) in [6.45, 7) is 4.86. The van der Waals surface area contributed by atoms with E-state index >= 15 is 0 Å². The molecule has 2 amide bonds. The van der Waals surface area contributed by atoms with Gasteiger partial charge in [0.15, 0.2) is 0 Å². The highest BCUT2D eigenvalue weighted by atomic mass is 16.2. The zero-order valence-corrected chi connectivity index (χ0v) is 16.9. The van der Waals surface area contributed by atoms with E-state index in [1.54, 1.807) is 11.7 Å². The van der Waals surface area contributed by atoms with E-state index in [1.165, 1.54) is 5.69 Å². The summed E-state index contributed by atoms with van der Waals surface area (Å²) in [6, 6.07) is 1.83. The number of aromatic nitrogens is 4. The van der Waals surface area contributed by atoms with Gasteiger partial charge in [-0.3, -0.25) is 19.0 Å². The van der Waals surface area contributed by atoms with Gasteiger partial charge in [-0.1, -0.05) is 0 Å². The van der Waals surface area contributed by atoms with Gasteiger partial charge in [-0.25, -0.2) is 0 Å². The largest absolute Gasteiger partial charge is 0.343 e. The number of rotatable bonds is 4. The van der Waals surface area contributed by atoms with E-state index in [0.29, 0.717) is 31.6 Å². The minimum absolute atomic E-state index is 0.00306. The highest BCUT2D eigenvalue weighted by Gasteiger charge is 2.29. The van der Waals surface area contributed by atoms with Gasteiger partial charge in [-0.2, -0.15) is 10.2 Å². The zero-order chi connectivity index (χ0) is 19.8. The van der Waals surface area contributed by atoms with Crippen molar-refractivity contribution in [3.8, 4) is 0 Å². The van der Waals surface area contributed by atoms with Crippen LogP contribution >= 0.6 is 0 Å². The molecular formula is C20H28N6O2. The molecule has 0 saturated carbocycles. The number of fused-ring (bicyclic) bond motifs is 1. The molecule has 2 aromatic heterocycles. The number of amides is 2. The summed E-state index contributed by atoms with van der Waals surface area (Å²) >= 11 is 0. The Bertz CT molecular complexity index is 906. The molecule has 2 aliphatic heterocycles. The second-order valence-corrected chi connectivity index (χ2v) is 7.85. The maximum Gasteiger partial charge on any atom is 0.272 e. The van der Waals surface area contributed by atoms with E-state index in [4.69, 9.17) is 0 Å². The molecule has 2 aromatic rings. The summed E-state index contributed by atoms with van der Waals surface area (Å²) in [5.74, 6) is 0.211. The van der Waals surface area contributed by atoms with Crippen LogP contribution in [0.1, 0.15) is 52.4 Å². The van der Waals surface area contributed by atoms with Crippen LogP contribution in [0.5, 0.6) is 0 Å². The van der Waals surface area contributed by atoms with Crippen molar-refractivity contribution in [2.75, 3.05) is 19.6 Å². The summed E-state index contributed by atoms with van der Waals surface area (Å²) in [5.41, 5.74) is 4.68. The molecule has 0 N–H and O–H groups in total. The molecule has 4 heterocycles. The van der Waals surface area contributed by atoms with Gasteiger partial charge in [0.2, 0.25) is 5.91 Å². The van der Waals surface area contributed by atoms with Crippen LogP contribution < -0.4 is 0 Å². The van der Waals surface area contributed by atoms with Gasteiger partial charge in [0.05, 0.1) is 11.4 Å². The zero-order valence-electron chi connectivity index (χ0n) is 16.9. The quantitative estimate of drug-likeness (QED) is 0.794. The highest BCUT2D eigenvalue weighted by molar-refractivity contribution is 5.92. The Morgan fingerprint density at radius 3 is 2.46 bits per heavy atom. The maximum absolute atomic E-state index is 13.0. The molecule has 150 valence electrons. The minimum Gasteiger partial charge on any atom is -0.343 e. The van der Waals surface area contributed by atoms with Crippen molar-refractivity contribution >= 4 is 11.8 Å². The van der Waals surface area contributed by atoms with Crippen LogP contribution in [0.25, 0.3) is 0 Å². The van der Waals surface area contributed by atoms with Gasteiger partial charge < -0.3 is 9.80 Å². The molecular weight excluding hydrogens is 356 g/mol. The summed E-state index contributed by atoms with van der Waals surface area (Å²) in [4.78, 5) is 29.2. The van der Waals surface area contributed by atoms with Gasteiger partial charge in [-0.05, 0) is 25.8 Å². The van der Waals surface area contributed by atoms with Crippen LogP contribution in [0, 0.1) is 6.92 Å². The van der Waals surface area contributed by atoms with Crippen molar-refractivity contribution < 1.29 is 9.59 Å². The number of likely N-dealkylation sites (tertiary alicyclic amines) is 1. The Balaban J connectivity index is 1.48. The van der Waals surface area contributed by atoms with E-state index in [-0.39, 0.29) is 11.8 Å². The summed E-state index contributed by atoms with van der Waals surface area (Å²) in [5, 5.41) is 8.96. The van der Waals surface area contributed by atoms with Gasteiger partial charge in [0.25, 0.3) is 5.91 Å². The van der Waals surface area contributed by atoms with Crippen LogP contribution in [0.15, 0.2) is 6.07 Å². The number of carbonyl (C=O) groups excluding carboxylic acids is 2. The maximum atomic E-state index is 13.0. The number of nitrogens with zero attached hydrogens (tertiary/aromatic N) is 6. The third kappa shape index (κ3) is 3.43. The average molecular weight is 384 g/mol. The van der Waals surface area contributed by atoms with Gasteiger partial charge in [0.1, 0.15) is 5.69 Å². The first kappa shape index (κ1) is 18.7. The molecule has 0 unspecified atom stereocenters. The first-order chi connectivity index (χ1) is 13.4. The summed E-state index contributed by atoms with van der Waals surface area (Å²) in [6.07, 6.45) is 4.11. The predicted octanol–water partition coefficient (Wildman–Crippen LogP) is 1.22. The Labute approximate surface area is 165 Å². The van der Waals surface area contributed by atoms with E-state index in [2.05, 4.69) is 10.2 Å². The second-order valence-electron chi connectivity index (χ2n) is 7.85. The first-order valence-corrected chi connectivity index (χ1v) is 10.1. The number of aryl methyl sites for hydroxylation is 4. The van der Waals surface area contributed by atoms with Crippen molar-refractivity contribution in [2.24, 2.45) is 14.1 Å². The highest BCUT2D eigenvalue weighted by Crippen LogP contribution is 2.25. The van der Waals surface area contributed by atoms with E-state index in [1.807, 2.05) is 34.5 Å². The average Bonchev–Trinajstić information content (AvgIpc) is 3.39. The lowest BCUT2D eigenvalue weighted by molar-refractivity contribution is -0.130. The number of hydrogen-bond donors (Lipinski definition) is 0. The molecule has 0 spiro atoms. The topological polar surface area (TPSA) is 76.3 Å². The van der Waals surface area contributed by atoms with Gasteiger partial charge in [-0.15, -0.1) is 0 Å². The lowest BCUT2D eigenvalue weighted by Crippen LogP contribution is -2.37. The molecule has 0 atom stereocenters. The fraction of sp³-hybridized carbons (Fsp3) is 0.600. The third-order valence-electron chi connectivity index (χ3n) is 5.87. The molecule has 2 aliphatic rings. The minimum atomic E-state index is -0.00306. The summed E-state index contributed by atoms with van der Waals surface area (Å²) in [7, 11) is 3.75. The SMILES string of the molecule is Cc1cc(C(=O)N2CCc3c(c(CCC(=O)N4CCCC4)nn3C)C2)n(C)n1. The lowest BCUT2D eigenvalue weighted by Gasteiger charge is -2.27. The van der Waals surface area contributed by atoms with Gasteiger partial charge in [0, 0.05) is 70.8 Å². The monoisotopic (exact) mass is 384 g/mol. The fourth-order valence-corrected chi connectivity index (χ4v) is 4.37. The molecule has 0 aromatic carbocycles. The van der Waals surface area contributed by atoms with Crippen molar-refractivity contribution in [1.82, 2.24) is 29.4 Å². The third-order valence-corrected chi connectivity index (χ3v) is 5.87. The van der Waals surface area contributed by atoms with Crippen LogP contribution in [-0.2, 0) is 38.3 Å². The first-order valence-electron chi connectivity index (χ1n) is 10.1. The van der Waals surface area contributed by atoms with Crippen LogP contribution in [0.4, 0.5) is 0 Å². The van der Waals surface area contributed by atoms with Crippen LogP contribution in [0.3, 0.4) is 0 Å². The second kappa shape index (κ2) is 7.41. The Morgan fingerprint density at radius 2 is 1.79 bits per heavy atom. The normalized spacial score (nSPS) is 16.5. The fourth-order valence-electron chi connectivity index (χ4n) is 4.37. The smallest absolute Gasteiger partial charge is 0.272 e. The molecule has 1 saturated heterocycles. The molecule has 4 rings (SSSR count). The molecule has 0 radical (unpaired) electrons. The van der Waals surface area contributed by atoms with Crippen molar-refractivity contribution in [2.45, 2.75) is 45.6 Å². The Morgan fingerprint density at radius 1 is 1.04 bits per heavy atom. The van der Waals surface area contributed by atoms with Crippen molar-refractivity contribution in [1.29, 1.82) is 0 Å². The standard InChI is InChI=1S/C20H28N6O2/c1-14-12-18(24(3)21-14)20(28)26-11-8-17-15(13-26)16(22-23(17)2)6-7-19(27)25-9-4-5-10-25/h12H,4-11,13H2,1-3H3. The van der Waals surface area contributed by atoms with Crippen molar-refractivity contribution in [3.63, 3.8) is 0 Å². The molecule has 0 aliphatic carbocycles. The van der Waals surface area contributed by atoms with E-state index < -0.39 is 0 Å². The molecule has 8 nitrogen and oxygen atoms in total. The van der Waals surface area contributed by atoms with E-state index in [0.717, 1.165) is 49.3 Å². The van der Waals surface area contributed by atoms with E-state index in [9.17, 15) is 9.59 Å². The Kier molecular flexibility index (Phi) is 4.95. The Hall–Kier alpha value is -2.64. The molecule has 0 bridgehead atoms. The molecule has 28 heavy (non-hydrogen) atoms. The molecule has 8 heteroatoms.